The molecule has 2 aliphatic rings. The first kappa shape index (κ1) is 36.0. The summed E-state index contributed by atoms with van der Waals surface area (Å²) >= 11 is 0. The molecule has 3 heterocycles. The van der Waals surface area contributed by atoms with E-state index in [1.54, 1.807) is 6.07 Å². The predicted octanol–water partition coefficient (Wildman–Crippen LogP) is 4.76. The molecule has 1 saturated carbocycles. The lowest BCUT2D eigenvalue weighted by Gasteiger charge is -2.24. The van der Waals surface area contributed by atoms with Gasteiger partial charge in [0.25, 0.3) is 5.92 Å². The van der Waals surface area contributed by atoms with Gasteiger partial charge >= 0.3 is 11.9 Å². The molecule has 0 radical (unpaired) electrons. The molecule has 0 saturated heterocycles. The minimum Gasteiger partial charge on any atom is -0.378 e. The Morgan fingerprint density at radius 2 is 1.85 bits per heavy atom. The van der Waals surface area contributed by atoms with Crippen LogP contribution in [0.5, 0.6) is 0 Å². The van der Waals surface area contributed by atoms with Gasteiger partial charge < -0.3 is 15.7 Å². The van der Waals surface area contributed by atoms with Crippen LogP contribution in [-0.2, 0) is 11.2 Å². The SMILES string of the molecule is C=C1[C@@H]2C(C(=N)C(F)(F)F)=C(NCC(=O)NC(Cc3cc(F)cc(F)c3)c3nc(C#CC(C)(C)O)ccc3-c3ccc4n[nH]c(=O)n4c3)C(F)(F)[C@H]12. The molecule has 1 amide bonds. The fourth-order valence-corrected chi connectivity index (χ4v) is 6.18. The maximum absolute atomic E-state index is 15.3. The van der Waals surface area contributed by atoms with E-state index >= 15 is 8.78 Å². The Morgan fingerprint density at radius 1 is 1.15 bits per heavy atom. The molecule has 0 aliphatic heterocycles. The van der Waals surface area contributed by atoms with Gasteiger partial charge in [-0.2, -0.15) is 27.1 Å². The third-order valence-electron chi connectivity index (χ3n) is 8.48. The number of benzene rings is 1. The fourth-order valence-electron chi connectivity index (χ4n) is 6.18. The van der Waals surface area contributed by atoms with Gasteiger partial charge in [0.15, 0.2) is 5.65 Å². The summed E-state index contributed by atoms with van der Waals surface area (Å²) in [5.74, 6) is -4.57. The van der Waals surface area contributed by atoms with Crippen molar-refractivity contribution in [2.24, 2.45) is 11.8 Å². The van der Waals surface area contributed by atoms with Crippen LogP contribution in [-0.4, -0.2) is 60.6 Å². The Kier molecular flexibility index (Phi) is 8.86. The van der Waals surface area contributed by atoms with Crippen molar-refractivity contribution in [1.82, 2.24) is 30.2 Å². The molecule has 1 fully saturated rings. The third-order valence-corrected chi connectivity index (χ3v) is 8.48. The number of H-pyrrole nitrogens is 1. The van der Waals surface area contributed by atoms with E-state index in [9.17, 15) is 36.6 Å². The quantitative estimate of drug-likeness (QED) is 0.0727. The van der Waals surface area contributed by atoms with Gasteiger partial charge in [-0.1, -0.05) is 18.1 Å². The van der Waals surface area contributed by atoms with E-state index in [-0.39, 0.29) is 40.2 Å². The second-order valence-electron chi connectivity index (χ2n) is 12.9. The number of nitrogens with zero attached hydrogens (tertiary/aromatic N) is 3. The van der Waals surface area contributed by atoms with Crippen molar-refractivity contribution < 1.29 is 40.6 Å². The van der Waals surface area contributed by atoms with Gasteiger partial charge in [-0.05, 0) is 68.2 Å². The Labute approximate surface area is 290 Å². The number of allylic oxidation sites excluding steroid dienone is 3. The molecule has 3 atom stereocenters. The van der Waals surface area contributed by atoms with Crippen LogP contribution < -0.4 is 16.3 Å². The van der Waals surface area contributed by atoms with Gasteiger partial charge in [-0.15, -0.1) is 0 Å². The van der Waals surface area contributed by atoms with Crippen molar-refractivity contribution in [1.29, 1.82) is 5.41 Å². The first-order chi connectivity index (χ1) is 24.2. The first-order valence-electron chi connectivity index (χ1n) is 15.5. The largest absolute Gasteiger partial charge is 0.433 e. The molecule has 0 spiro atoms. The number of aromatic nitrogens is 4. The molecular weight excluding hydrogens is 699 g/mol. The van der Waals surface area contributed by atoms with Gasteiger partial charge in [0.05, 0.1) is 29.9 Å². The number of carbonyl (C=O) groups excluding carboxylic acids is 1. The molecule has 0 bridgehead atoms. The molecule has 6 rings (SSSR count). The summed E-state index contributed by atoms with van der Waals surface area (Å²) in [6, 6.07) is 7.40. The molecule has 270 valence electrons. The van der Waals surface area contributed by atoms with Gasteiger partial charge in [-0.3, -0.25) is 10.2 Å². The molecule has 2 aliphatic carbocycles. The summed E-state index contributed by atoms with van der Waals surface area (Å²) in [5, 5.41) is 28.6. The van der Waals surface area contributed by atoms with Gasteiger partial charge in [0.2, 0.25) is 5.91 Å². The zero-order chi connectivity index (χ0) is 37.9. The van der Waals surface area contributed by atoms with E-state index in [1.165, 1.54) is 42.6 Å². The number of rotatable bonds is 9. The highest BCUT2D eigenvalue weighted by molar-refractivity contribution is 6.05. The molecule has 17 heteroatoms. The number of carbonyl (C=O) groups is 1. The smallest absolute Gasteiger partial charge is 0.378 e. The lowest BCUT2D eigenvalue weighted by molar-refractivity contribution is -0.121. The number of fused-ring (bicyclic) bond motifs is 2. The minimum atomic E-state index is -5.25. The summed E-state index contributed by atoms with van der Waals surface area (Å²) in [6.07, 6.45) is -4.18. The number of amides is 1. The number of halogens is 7. The van der Waals surface area contributed by atoms with Gasteiger partial charge in [0, 0.05) is 34.9 Å². The van der Waals surface area contributed by atoms with Crippen molar-refractivity contribution in [2.45, 2.75) is 44.0 Å². The van der Waals surface area contributed by atoms with E-state index in [0.29, 0.717) is 11.6 Å². The predicted molar refractivity (Wildman–Crippen MR) is 173 cm³/mol. The van der Waals surface area contributed by atoms with Crippen LogP contribution in [0.1, 0.15) is 36.8 Å². The number of pyridine rings is 2. The van der Waals surface area contributed by atoms with Crippen LogP contribution in [0.15, 0.2) is 76.9 Å². The van der Waals surface area contributed by atoms with Crippen LogP contribution in [0.3, 0.4) is 0 Å². The molecule has 5 N–H and O–H groups in total. The average Bonchev–Trinajstić information content (AvgIpc) is 3.48. The van der Waals surface area contributed by atoms with Gasteiger partial charge in [-0.25, -0.2) is 28.1 Å². The number of alkyl halides is 5. The maximum Gasteiger partial charge on any atom is 0.433 e. The van der Waals surface area contributed by atoms with Crippen LogP contribution in [0.2, 0.25) is 0 Å². The summed E-state index contributed by atoms with van der Waals surface area (Å²) in [7, 11) is 0. The van der Waals surface area contributed by atoms with Crippen molar-refractivity contribution in [3.8, 4) is 23.0 Å². The summed E-state index contributed by atoms with van der Waals surface area (Å²) in [6.45, 7) is 5.26. The van der Waals surface area contributed by atoms with E-state index in [0.717, 1.165) is 12.1 Å². The van der Waals surface area contributed by atoms with Crippen LogP contribution in [0.4, 0.5) is 30.7 Å². The molecule has 3 aromatic heterocycles. The van der Waals surface area contributed by atoms with Crippen molar-refractivity contribution >= 4 is 17.3 Å². The number of aliphatic hydroxyl groups is 1. The number of aromatic amines is 1. The van der Waals surface area contributed by atoms with E-state index in [1.807, 2.05) is 0 Å². The van der Waals surface area contributed by atoms with Crippen molar-refractivity contribution in [3.05, 3.63) is 111 Å². The zero-order valence-corrected chi connectivity index (χ0v) is 27.2. The molecule has 52 heavy (non-hydrogen) atoms. The highest BCUT2D eigenvalue weighted by Crippen LogP contribution is 2.66. The summed E-state index contributed by atoms with van der Waals surface area (Å²) in [5.41, 5.74) is -5.36. The van der Waals surface area contributed by atoms with Crippen molar-refractivity contribution in [3.63, 3.8) is 0 Å². The van der Waals surface area contributed by atoms with Crippen LogP contribution in [0.25, 0.3) is 16.8 Å². The lowest BCUT2D eigenvalue weighted by Crippen LogP contribution is -2.41. The van der Waals surface area contributed by atoms with Gasteiger partial charge in [0.1, 0.15) is 28.6 Å². The Hall–Kier alpha value is -5.76. The second kappa shape index (κ2) is 12.8. The monoisotopic (exact) mass is 727 g/mol. The number of hydrogen-bond donors (Lipinski definition) is 5. The number of nitrogens with one attached hydrogen (secondary N) is 4. The summed E-state index contributed by atoms with van der Waals surface area (Å²) < 4.78 is 101. The molecular formula is C35H28F7N7O3. The molecule has 1 aromatic carbocycles. The fraction of sp³-hybridized carbons (Fsp3) is 0.286. The molecule has 1 unspecified atom stereocenters. The topological polar surface area (TPSA) is 148 Å². The normalized spacial score (nSPS) is 18.5. The average molecular weight is 728 g/mol. The zero-order valence-electron chi connectivity index (χ0n) is 27.2. The highest BCUT2D eigenvalue weighted by Gasteiger charge is 2.70. The molecule has 4 aromatic rings. The molecule has 10 nitrogen and oxygen atoms in total. The minimum absolute atomic E-state index is 0.0268. The Bertz CT molecular complexity index is 2290. The van der Waals surface area contributed by atoms with E-state index < -0.39 is 82.3 Å². The Morgan fingerprint density at radius 3 is 2.50 bits per heavy atom. The standard InChI is InChI=1S/C35H28F7N7O3/c1-16-26-27(30(43)35(40,41)42)31(34(38,39)28(16)26)44-14-25(50)46-23(12-17-10-19(36)13-20(37)11-17)29-22(6-5-21(45-29)8-9-33(2,3)52)18-4-7-24-47-48-32(51)49(24)15-18/h4-7,10-11,13,15,23,26,28,43-44,52H,1,12,14H2,2-3H3,(H,46,50)(H,48,51)/t23?,26-,28-/m1/s1. The summed E-state index contributed by atoms with van der Waals surface area (Å²) in [4.78, 5) is 30.4. The number of hydrogen-bond acceptors (Lipinski definition) is 7. The van der Waals surface area contributed by atoms with Crippen molar-refractivity contribution in [2.75, 3.05) is 6.54 Å². The van der Waals surface area contributed by atoms with Crippen LogP contribution in [0, 0.1) is 40.7 Å². The van der Waals surface area contributed by atoms with Crippen LogP contribution >= 0.6 is 0 Å². The first-order valence-corrected chi connectivity index (χ1v) is 15.5. The maximum atomic E-state index is 15.3. The Balaban J connectivity index is 1.41. The highest BCUT2D eigenvalue weighted by atomic mass is 19.4. The van der Waals surface area contributed by atoms with E-state index in [4.69, 9.17) is 5.41 Å². The lowest BCUT2D eigenvalue weighted by atomic mass is 9.95. The second-order valence-corrected chi connectivity index (χ2v) is 12.9. The van der Waals surface area contributed by atoms with E-state index in [2.05, 4.69) is 44.2 Å². The third kappa shape index (κ3) is 7.06.